The molecule has 2 N–H and O–H groups in total. The monoisotopic (exact) mass is 258 g/mol. The van der Waals surface area contributed by atoms with Crippen molar-refractivity contribution in [2.75, 3.05) is 13.2 Å². The van der Waals surface area contributed by atoms with E-state index in [1.807, 2.05) is 6.92 Å². The van der Waals surface area contributed by atoms with Crippen molar-refractivity contribution in [1.82, 2.24) is 0 Å². The minimum atomic E-state index is -0.927. The Morgan fingerprint density at radius 3 is 2.22 bits per heavy atom. The highest BCUT2D eigenvalue weighted by Crippen LogP contribution is 1.93. The topological polar surface area (TPSA) is 83.8 Å². The normalized spacial score (nSPS) is 10.1. The number of carboxylic acids is 1. The molecule has 0 heterocycles. The molecule has 0 saturated heterocycles. The van der Waals surface area contributed by atoms with Crippen LogP contribution in [0.4, 0.5) is 0 Å². The van der Waals surface area contributed by atoms with Gasteiger partial charge in [0.1, 0.15) is 0 Å². The second-order valence-electron chi connectivity index (χ2n) is 3.62. The van der Waals surface area contributed by atoms with Crippen LogP contribution >= 0.6 is 0 Å². The fourth-order valence-electron chi connectivity index (χ4n) is 0.686. The molecular formula is C13H22O5. The summed E-state index contributed by atoms with van der Waals surface area (Å²) in [7, 11) is 0. The van der Waals surface area contributed by atoms with Gasteiger partial charge in [0.2, 0.25) is 0 Å². The predicted molar refractivity (Wildman–Crippen MR) is 69.2 cm³/mol. The first-order valence-electron chi connectivity index (χ1n) is 5.70. The first-order chi connectivity index (χ1) is 8.36. The van der Waals surface area contributed by atoms with Crippen LogP contribution in [0.1, 0.15) is 33.6 Å². The number of esters is 1. The molecule has 0 amide bonds. The Labute approximate surface area is 108 Å². The van der Waals surface area contributed by atoms with E-state index in [2.05, 4.69) is 6.58 Å². The first-order valence-corrected chi connectivity index (χ1v) is 5.70. The molecule has 0 radical (unpaired) electrons. The zero-order chi connectivity index (χ0) is 14.6. The maximum absolute atomic E-state index is 10.6. The quantitative estimate of drug-likeness (QED) is 0.561. The highest BCUT2D eigenvalue weighted by atomic mass is 16.5. The van der Waals surface area contributed by atoms with Crippen molar-refractivity contribution in [3.05, 3.63) is 23.8 Å². The van der Waals surface area contributed by atoms with Crippen molar-refractivity contribution in [2.45, 2.75) is 33.6 Å². The van der Waals surface area contributed by atoms with E-state index in [1.54, 1.807) is 6.92 Å². The predicted octanol–water partition coefficient (Wildman–Crippen LogP) is 1.92. The smallest absolute Gasteiger partial charge is 0.333 e. The van der Waals surface area contributed by atoms with E-state index in [0.29, 0.717) is 18.6 Å². The van der Waals surface area contributed by atoms with E-state index in [4.69, 9.17) is 14.9 Å². The zero-order valence-corrected chi connectivity index (χ0v) is 11.2. The molecule has 0 aromatic rings. The summed E-state index contributed by atoms with van der Waals surface area (Å²) in [6.45, 7) is 9.01. The van der Waals surface area contributed by atoms with Crippen LogP contribution in [0.25, 0.3) is 0 Å². The number of aliphatic hydroxyl groups is 1. The molecule has 0 saturated carbocycles. The molecule has 0 aromatic heterocycles. The Kier molecular flexibility index (Phi) is 12.3. The van der Waals surface area contributed by atoms with Gasteiger partial charge in [-0.15, -0.1) is 0 Å². The van der Waals surface area contributed by atoms with Crippen LogP contribution in [0.2, 0.25) is 0 Å². The summed E-state index contributed by atoms with van der Waals surface area (Å²) >= 11 is 0. The van der Waals surface area contributed by atoms with Crippen molar-refractivity contribution >= 4 is 11.9 Å². The van der Waals surface area contributed by atoms with Crippen LogP contribution in [0.15, 0.2) is 23.8 Å². The van der Waals surface area contributed by atoms with E-state index in [0.717, 1.165) is 6.42 Å². The zero-order valence-electron chi connectivity index (χ0n) is 11.2. The van der Waals surface area contributed by atoms with Crippen molar-refractivity contribution in [1.29, 1.82) is 0 Å². The number of rotatable bonds is 6. The van der Waals surface area contributed by atoms with Crippen LogP contribution < -0.4 is 0 Å². The summed E-state index contributed by atoms with van der Waals surface area (Å²) in [6.07, 6.45) is 2.76. The summed E-state index contributed by atoms with van der Waals surface area (Å²) in [6, 6.07) is 0. The van der Waals surface area contributed by atoms with Gasteiger partial charge < -0.3 is 14.9 Å². The molecule has 0 unspecified atom stereocenters. The average molecular weight is 258 g/mol. The number of hydrogen-bond acceptors (Lipinski definition) is 4. The summed E-state index contributed by atoms with van der Waals surface area (Å²) in [5, 5.41) is 16.5. The second-order valence-corrected chi connectivity index (χ2v) is 3.62. The van der Waals surface area contributed by atoms with Gasteiger partial charge in [0.05, 0.1) is 6.61 Å². The highest BCUT2D eigenvalue weighted by Gasteiger charge is 1.99. The van der Waals surface area contributed by atoms with E-state index in [1.165, 1.54) is 13.0 Å². The van der Waals surface area contributed by atoms with E-state index in [9.17, 15) is 9.59 Å². The summed E-state index contributed by atoms with van der Waals surface area (Å²) in [5.74, 6) is -1.22. The van der Waals surface area contributed by atoms with Crippen molar-refractivity contribution in [2.24, 2.45) is 0 Å². The van der Waals surface area contributed by atoms with Crippen LogP contribution in [0, 0.1) is 0 Å². The Bertz CT molecular complexity index is 305. The summed E-state index contributed by atoms with van der Waals surface area (Å²) < 4.78 is 4.71. The molecule has 0 fully saturated rings. The van der Waals surface area contributed by atoms with Crippen LogP contribution in [-0.4, -0.2) is 35.4 Å². The number of hydrogen-bond donors (Lipinski definition) is 2. The minimum Gasteiger partial charge on any atom is -0.478 e. The van der Waals surface area contributed by atoms with Crippen molar-refractivity contribution in [3.63, 3.8) is 0 Å². The van der Waals surface area contributed by atoms with Gasteiger partial charge >= 0.3 is 11.9 Å². The van der Waals surface area contributed by atoms with Gasteiger partial charge in [-0.3, -0.25) is 0 Å². The lowest BCUT2D eigenvalue weighted by atomic mass is 10.2. The van der Waals surface area contributed by atoms with Crippen molar-refractivity contribution in [3.8, 4) is 0 Å². The Hall–Kier alpha value is -1.62. The maximum Gasteiger partial charge on any atom is 0.333 e. The molecule has 0 aromatic carbocycles. The summed E-state index contributed by atoms with van der Waals surface area (Å²) in [5.41, 5.74) is 0.743. The molecular weight excluding hydrogens is 236 g/mol. The molecule has 0 aliphatic heterocycles. The molecule has 0 rings (SSSR count). The minimum absolute atomic E-state index is 0.00458. The number of carbonyl (C=O) groups excluding carboxylic acids is 1. The molecule has 104 valence electrons. The second kappa shape index (κ2) is 11.9. The number of aliphatic carboxylic acids is 1. The van der Waals surface area contributed by atoms with Crippen LogP contribution in [0.5, 0.6) is 0 Å². The molecule has 5 heteroatoms. The van der Waals surface area contributed by atoms with E-state index >= 15 is 0 Å². The third-order valence-corrected chi connectivity index (χ3v) is 1.70. The highest BCUT2D eigenvalue weighted by molar-refractivity contribution is 5.86. The lowest BCUT2D eigenvalue weighted by Gasteiger charge is -1.99. The standard InChI is InChI=1S/C7H12O2.C6H10O3/c1-4-5-9-7(8)6(2)3;1-5(6(8)9)3-2-4-7/h2,4-5H2,1,3H3;3,7H,2,4H2,1H3,(H,8,9). The van der Waals surface area contributed by atoms with Gasteiger partial charge in [0.25, 0.3) is 0 Å². The van der Waals surface area contributed by atoms with Gasteiger partial charge in [0, 0.05) is 17.8 Å². The van der Waals surface area contributed by atoms with Crippen LogP contribution in [0.3, 0.4) is 0 Å². The maximum atomic E-state index is 10.6. The Morgan fingerprint density at radius 2 is 1.89 bits per heavy atom. The van der Waals surface area contributed by atoms with Gasteiger partial charge in [-0.25, -0.2) is 9.59 Å². The Morgan fingerprint density at radius 1 is 1.33 bits per heavy atom. The first kappa shape index (κ1) is 18.7. The Balaban J connectivity index is 0. The molecule has 5 nitrogen and oxygen atoms in total. The molecule has 18 heavy (non-hydrogen) atoms. The van der Waals surface area contributed by atoms with E-state index < -0.39 is 5.97 Å². The number of carbonyl (C=O) groups is 2. The fourth-order valence-corrected chi connectivity index (χ4v) is 0.686. The molecule has 0 bridgehead atoms. The lowest BCUT2D eigenvalue weighted by molar-refractivity contribution is -0.139. The van der Waals surface area contributed by atoms with E-state index in [-0.39, 0.29) is 18.1 Å². The van der Waals surface area contributed by atoms with Crippen LogP contribution in [-0.2, 0) is 14.3 Å². The SMILES string of the molecule is C=C(C)C(=O)OCCC.CC(=CCCO)C(=O)O. The van der Waals surface area contributed by atoms with Gasteiger partial charge in [-0.2, -0.15) is 0 Å². The number of aliphatic hydroxyl groups excluding tert-OH is 1. The van der Waals surface area contributed by atoms with Gasteiger partial charge in [0.15, 0.2) is 0 Å². The van der Waals surface area contributed by atoms with Gasteiger partial charge in [-0.1, -0.05) is 19.6 Å². The number of carboxylic acid groups (broad SMARTS) is 1. The molecule has 0 spiro atoms. The van der Waals surface area contributed by atoms with Crippen molar-refractivity contribution < 1.29 is 24.5 Å². The lowest BCUT2D eigenvalue weighted by Crippen LogP contribution is -2.04. The molecule has 0 atom stereocenters. The third kappa shape index (κ3) is 12.4. The largest absolute Gasteiger partial charge is 0.478 e. The number of ether oxygens (including phenoxy) is 1. The fraction of sp³-hybridized carbons (Fsp3) is 0.538. The average Bonchev–Trinajstić information content (AvgIpc) is 2.33. The molecule has 0 aliphatic rings. The third-order valence-electron chi connectivity index (χ3n) is 1.70. The summed E-state index contributed by atoms with van der Waals surface area (Å²) in [4.78, 5) is 20.6. The van der Waals surface area contributed by atoms with Gasteiger partial charge in [-0.05, 0) is 26.7 Å². The molecule has 0 aliphatic carbocycles.